The van der Waals surface area contributed by atoms with Crippen molar-refractivity contribution in [1.82, 2.24) is 4.98 Å². The number of hydrogen-bond acceptors (Lipinski definition) is 5. The summed E-state index contributed by atoms with van der Waals surface area (Å²) < 4.78 is 34.4. The minimum atomic E-state index is -3.61. The van der Waals surface area contributed by atoms with Gasteiger partial charge in [0, 0.05) is 29.7 Å². The third kappa shape index (κ3) is 2.35. The summed E-state index contributed by atoms with van der Waals surface area (Å²) >= 11 is 0. The molecule has 0 unspecified atom stereocenters. The Balaban J connectivity index is 1.85. The molecule has 19 heavy (non-hydrogen) atoms. The largest absolute Gasteiger partial charge is 0.586 e. The fraction of sp³-hybridized carbons (Fsp3) is 0.0833. The van der Waals surface area contributed by atoms with Crippen molar-refractivity contribution in [3.63, 3.8) is 0 Å². The van der Waals surface area contributed by atoms with E-state index in [1.807, 2.05) is 0 Å². The van der Waals surface area contributed by atoms with Gasteiger partial charge in [-0.25, -0.2) is 4.98 Å². The maximum atomic E-state index is 12.9. The van der Waals surface area contributed by atoms with E-state index in [0.717, 1.165) is 0 Å². The summed E-state index contributed by atoms with van der Waals surface area (Å²) in [5.74, 6) is 0.473. The number of pyridine rings is 1. The Labute approximate surface area is 107 Å². The zero-order valence-electron chi connectivity index (χ0n) is 9.56. The smallest absolute Gasteiger partial charge is 0.399 e. The van der Waals surface area contributed by atoms with Crippen molar-refractivity contribution >= 4 is 17.2 Å². The molecule has 1 aromatic carbocycles. The Kier molecular flexibility index (Phi) is 2.41. The van der Waals surface area contributed by atoms with Gasteiger partial charge in [-0.2, -0.15) is 0 Å². The van der Waals surface area contributed by atoms with Crippen LogP contribution in [-0.4, -0.2) is 11.3 Å². The van der Waals surface area contributed by atoms with Gasteiger partial charge in [-0.15, -0.1) is 8.78 Å². The summed E-state index contributed by atoms with van der Waals surface area (Å²) in [6, 6.07) is 7.64. The van der Waals surface area contributed by atoms with Gasteiger partial charge in [-0.1, -0.05) is 0 Å². The number of alkyl halides is 2. The SMILES string of the molecule is Nc1ccnc(Nc2ccc3c(c2)OC(F)(F)O3)c1. The topological polar surface area (TPSA) is 69.4 Å². The Morgan fingerprint density at radius 3 is 2.68 bits per heavy atom. The third-order valence-electron chi connectivity index (χ3n) is 2.46. The van der Waals surface area contributed by atoms with E-state index < -0.39 is 6.29 Å². The number of rotatable bonds is 2. The fourth-order valence-electron chi connectivity index (χ4n) is 1.69. The van der Waals surface area contributed by atoms with Gasteiger partial charge in [0.25, 0.3) is 0 Å². The number of halogens is 2. The first-order chi connectivity index (χ1) is 9.02. The molecule has 5 nitrogen and oxygen atoms in total. The van der Waals surface area contributed by atoms with E-state index in [9.17, 15) is 8.78 Å². The van der Waals surface area contributed by atoms with E-state index >= 15 is 0 Å². The highest BCUT2D eigenvalue weighted by molar-refractivity contribution is 5.63. The van der Waals surface area contributed by atoms with Gasteiger partial charge in [-0.3, -0.25) is 0 Å². The number of nitrogens with zero attached hydrogens (tertiary/aromatic N) is 1. The van der Waals surface area contributed by atoms with Gasteiger partial charge in [-0.05, 0) is 18.2 Å². The quantitative estimate of drug-likeness (QED) is 0.873. The summed E-state index contributed by atoms with van der Waals surface area (Å²) in [4.78, 5) is 4.05. The minimum absolute atomic E-state index is 0.00363. The van der Waals surface area contributed by atoms with E-state index in [-0.39, 0.29) is 11.5 Å². The number of fused-ring (bicyclic) bond motifs is 1. The van der Waals surface area contributed by atoms with Crippen LogP contribution in [0.4, 0.5) is 26.0 Å². The van der Waals surface area contributed by atoms with Gasteiger partial charge in [0.1, 0.15) is 5.82 Å². The standard InChI is InChI=1S/C12H9F2N3O2/c13-12(14)18-9-2-1-8(6-10(9)19-12)17-11-5-7(15)3-4-16-11/h1-6H,(H3,15,16,17). The maximum Gasteiger partial charge on any atom is 0.586 e. The molecule has 0 bridgehead atoms. The van der Waals surface area contributed by atoms with E-state index in [1.165, 1.54) is 12.1 Å². The number of nitrogens with one attached hydrogen (secondary N) is 1. The fourth-order valence-corrected chi connectivity index (χ4v) is 1.69. The van der Waals surface area contributed by atoms with Crippen LogP contribution in [0.5, 0.6) is 11.5 Å². The number of nitrogens with two attached hydrogens (primary N) is 1. The van der Waals surface area contributed by atoms with E-state index in [4.69, 9.17) is 5.73 Å². The molecule has 1 aliphatic heterocycles. The van der Waals surface area contributed by atoms with Gasteiger partial charge in [0.05, 0.1) is 0 Å². The second-order valence-electron chi connectivity index (χ2n) is 3.93. The molecule has 1 aromatic heterocycles. The first-order valence-electron chi connectivity index (χ1n) is 5.40. The Hall–Kier alpha value is -2.57. The van der Waals surface area contributed by atoms with Crippen molar-refractivity contribution in [1.29, 1.82) is 0 Å². The number of hydrogen-bond donors (Lipinski definition) is 2. The molecule has 7 heteroatoms. The first kappa shape index (κ1) is 11.5. The molecule has 3 N–H and O–H groups in total. The maximum absolute atomic E-state index is 12.9. The number of benzene rings is 1. The lowest BCUT2D eigenvalue weighted by Crippen LogP contribution is -2.25. The van der Waals surface area contributed by atoms with Crippen LogP contribution in [0.3, 0.4) is 0 Å². The molecule has 0 saturated heterocycles. The van der Waals surface area contributed by atoms with Crippen molar-refractivity contribution in [2.75, 3.05) is 11.1 Å². The summed E-state index contributed by atoms with van der Waals surface area (Å²) in [6.45, 7) is 0. The van der Waals surface area contributed by atoms with Gasteiger partial charge in [0.2, 0.25) is 0 Å². The van der Waals surface area contributed by atoms with Gasteiger partial charge >= 0.3 is 6.29 Å². The van der Waals surface area contributed by atoms with E-state index in [0.29, 0.717) is 17.2 Å². The Morgan fingerprint density at radius 1 is 1.11 bits per heavy atom. The Morgan fingerprint density at radius 2 is 1.89 bits per heavy atom. The molecular formula is C12H9F2N3O2. The number of nitrogen functional groups attached to an aromatic ring is 1. The second-order valence-corrected chi connectivity index (χ2v) is 3.93. The summed E-state index contributed by atoms with van der Waals surface area (Å²) in [6.07, 6.45) is -2.07. The van der Waals surface area contributed by atoms with Crippen LogP contribution < -0.4 is 20.5 Å². The lowest BCUT2D eigenvalue weighted by molar-refractivity contribution is -0.286. The highest BCUT2D eigenvalue weighted by atomic mass is 19.3. The van der Waals surface area contributed by atoms with E-state index in [1.54, 1.807) is 24.4 Å². The lowest BCUT2D eigenvalue weighted by Gasteiger charge is -2.06. The molecular weight excluding hydrogens is 256 g/mol. The Bertz CT molecular complexity index is 634. The zero-order valence-corrected chi connectivity index (χ0v) is 9.56. The zero-order chi connectivity index (χ0) is 13.5. The van der Waals surface area contributed by atoms with Crippen molar-refractivity contribution in [3.05, 3.63) is 36.5 Å². The third-order valence-corrected chi connectivity index (χ3v) is 2.46. The summed E-state index contributed by atoms with van der Waals surface area (Å²) in [7, 11) is 0. The van der Waals surface area contributed by atoms with Crippen LogP contribution in [0, 0.1) is 0 Å². The van der Waals surface area contributed by atoms with Crippen LogP contribution in [0.1, 0.15) is 0 Å². The average molecular weight is 265 g/mol. The summed E-state index contributed by atoms with van der Waals surface area (Å²) in [5, 5.41) is 2.93. The van der Waals surface area contributed by atoms with Crippen molar-refractivity contribution in [3.8, 4) is 11.5 Å². The van der Waals surface area contributed by atoms with Crippen molar-refractivity contribution in [2.45, 2.75) is 6.29 Å². The van der Waals surface area contributed by atoms with Crippen LogP contribution >= 0.6 is 0 Å². The highest BCUT2D eigenvalue weighted by Gasteiger charge is 2.43. The van der Waals surface area contributed by atoms with Crippen LogP contribution in [0.15, 0.2) is 36.5 Å². The molecule has 0 saturated carbocycles. The molecule has 2 aromatic rings. The van der Waals surface area contributed by atoms with Gasteiger partial charge < -0.3 is 20.5 Å². The molecule has 1 aliphatic rings. The highest BCUT2D eigenvalue weighted by Crippen LogP contribution is 2.42. The van der Waals surface area contributed by atoms with Crippen LogP contribution in [-0.2, 0) is 0 Å². The molecule has 98 valence electrons. The number of anilines is 3. The monoisotopic (exact) mass is 265 g/mol. The number of ether oxygens (including phenoxy) is 2. The lowest BCUT2D eigenvalue weighted by atomic mass is 10.2. The van der Waals surface area contributed by atoms with Crippen LogP contribution in [0.2, 0.25) is 0 Å². The predicted octanol–water partition coefficient (Wildman–Crippen LogP) is 2.73. The number of aromatic nitrogens is 1. The molecule has 0 radical (unpaired) electrons. The van der Waals surface area contributed by atoms with Crippen molar-refractivity contribution in [2.24, 2.45) is 0 Å². The second kappa shape index (κ2) is 3.98. The molecule has 0 atom stereocenters. The molecule has 0 fully saturated rings. The van der Waals surface area contributed by atoms with Gasteiger partial charge in [0.15, 0.2) is 11.5 Å². The summed E-state index contributed by atoms with van der Waals surface area (Å²) in [5.41, 5.74) is 6.70. The normalized spacial score (nSPS) is 15.3. The van der Waals surface area contributed by atoms with Crippen molar-refractivity contribution < 1.29 is 18.3 Å². The first-order valence-corrected chi connectivity index (χ1v) is 5.40. The molecule has 2 heterocycles. The van der Waals surface area contributed by atoms with E-state index in [2.05, 4.69) is 19.8 Å². The molecule has 0 aliphatic carbocycles. The molecule has 3 rings (SSSR count). The predicted molar refractivity (Wildman–Crippen MR) is 64.6 cm³/mol. The minimum Gasteiger partial charge on any atom is -0.399 e. The average Bonchev–Trinajstić information content (AvgIpc) is 2.62. The molecule has 0 amide bonds. The van der Waals surface area contributed by atoms with Crippen LogP contribution in [0.25, 0.3) is 0 Å². The molecule has 0 spiro atoms.